The van der Waals surface area contributed by atoms with Gasteiger partial charge in [0.1, 0.15) is 23.6 Å². The first kappa shape index (κ1) is 25.2. The highest BCUT2D eigenvalue weighted by Crippen LogP contribution is 2.34. The quantitative estimate of drug-likeness (QED) is 0.356. The second-order valence-corrected chi connectivity index (χ2v) is 10.0. The van der Waals surface area contributed by atoms with Crippen LogP contribution >= 0.6 is 15.9 Å². The third-order valence-electron chi connectivity index (χ3n) is 6.54. The van der Waals surface area contributed by atoms with Crippen molar-refractivity contribution in [3.63, 3.8) is 0 Å². The van der Waals surface area contributed by atoms with Crippen molar-refractivity contribution in [1.82, 2.24) is 20.9 Å². The summed E-state index contributed by atoms with van der Waals surface area (Å²) in [6.07, 6.45) is 3.83. The third kappa shape index (κ3) is 6.01. The predicted octanol–water partition coefficient (Wildman–Crippen LogP) is 2.54. The Morgan fingerprint density at radius 1 is 1.17 bits per heavy atom. The van der Waals surface area contributed by atoms with E-state index in [0.717, 1.165) is 19.3 Å². The average Bonchev–Trinajstić information content (AvgIpc) is 3.54. The Morgan fingerprint density at radius 2 is 1.94 bits per heavy atom. The molecule has 4 rings (SSSR count). The van der Waals surface area contributed by atoms with Crippen molar-refractivity contribution < 1.29 is 28.3 Å². The van der Waals surface area contributed by atoms with E-state index < -0.39 is 41.6 Å². The molecular formula is C24H28BrFN4O5. The van der Waals surface area contributed by atoms with E-state index in [1.807, 2.05) is 0 Å². The lowest BCUT2D eigenvalue weighted by molar-refractivity contribution is -0.146. The molecule has 3 atom stereocenters. The summed E-state index contributed by atoms with van der Waals surface area (Å²) in [6, 6.07) is 2.32. The number of aromatic nitrogens is 1. The van der Waals surface area contributed by atoms with Crippen molar-refractivity contribution in [2.45, 2.75) is 50.6 Å². The number of benzene rings is 1. The largest absolute Gasteiger partial charge is 0.467 e. The van der Waals surface area contributed by atoms with Gasteiger partial charge in [-0.1, -0.05) is 12.8 Å². The van der Waals surface area contributed by atoms with Crippen molar-refractivity contribution in [2.24, 2.45) is 11.8 Å². The van der Waals surface area contributed by atoms with Gasteiger partial charge in [0, 0.05) is 22.3 Å². The Kier molecular flexibility index (Phi) is 7.73. The van der Waals surface area contributed by atoms with E-state index in [2.05, 4.69) is 36.9 Å². The Bertz CT molecular complexity index is 1110. The molecule has 3 amide bonds. The van der Waals surface area contributed by atoms with Crippen LogP contribution in [0.3, 0.4) is 0 Å². The molecule has 0 spiro atoms. The first-order chi connectivity index (χ1) is 16.8. The van der Waals surface area contributed by atoms with Gasteiger partial charge in [-0.05, 0) is 65.7 Å². The minimum Gasteiger partial charge on any atom is -0.467 e. The molecule has 2 fully saturated rings. The predicted molar refractivity (Wildman–Crippen MR) is 129 cm³/mol. The van der Waals surface area contributed by atoms with Gasteiger partial charge in [0.05, 0.1) is 12.6 Å². The van der Waals surface area contributed by atoms with E-state index in [4.69, 9.17) is 4.74 Å². The maximum atomic E-state index is 14.2. The molecule has 2 aliphatic rings. The number of halogens is 2. The van der Waals surface area contributed by atoms with Crippen LogP contribution in [0.4, 0.5) is 4.39 Å². The summed E-state index contributed by atoms with van der Waals surface area (Å²) in [6.45, 7) is 0.592. The monoisotopic (exact) mass is 550 g/mol. The first-order valence-corrected chi connectivity index (χ1v) is 12.5. The maximum absolute atomic E-state index is 14.2. The Morgan fingerprint density at radius 3 is 2.60 bits per heavy atom. The molecule has 188 valence electrons. The molecule has 0 bridgehead atoms. The molecule has 9 nitrogen and oxygen atoms in total. The van der Waals surface area contributed by atoms with E-state index in [9.17, 15) is 23.6 Å². The van der Waals surface area contributed by atoms with Gasteiger partial charge in [-0.15, -0.1) is 0 Å². The first-order valence-electron chi connectivity index (χ1n) is 11.7. The Balaban J connectivity index is 1.48. The topological polar surface area (TPSA) is 129 Å². The molecule has 35 heavy (non-hydrogen) atoms. The third-order valence-corrected chi connectivity index (χ3v) is 7.20. The molecule has 1 aromatic carbocycles. The highest BCUT2D eigenvalue weighted by molar-refractivity contribution is 9.10. The number of hydrogen-bond acceptors (Lipinski definition) is 5. The van der Waals surface area contributed by atoms with Crippen LogP contribution in [0.2, 0.25) is 0 Å². The summed E-state index contributed by atoms with van der Waals surface area (Å²) in [5.74, 6) is -2.48. The maximum Gasteiger partial charge on any atom is 0.328 e. The van der Waals surface area contributed by atoms with Crippen molar-refractivity contribution in [3.05, 3.63) is 34.2 Å². The number of carbonyl (C=O) groups excluding carboxylic acids is 4. The smallest absolute Gasteiger partial charge is 0.328 e. The summed E-state index contributed by atoms with van der Waals surface area (Å²) < 4.78 is 19.6. The minimum atomic E-state index is -1.02. The van der Waals surface area contributed by atoms with Crippen LogP contribution in [-0.2, 0) is 19.1 Å². The summed E-state index contributed by atoms with van der Waals surface area (Å²) in [4.78, 5) is 53.6. The summed E-state index contributed by atoms with van der Waals surface area (Å²) in [5, 5.41) is 8.44. The molecule has 1 aliphatic heterocycles. The second-order valence-electron chi connectivity index (χ2n) is 9.16. The Hall–Kier alpha value is -2.95. The van der Waals surface area contributed by atoms with E-state index in [1.165, 1.54) is 19.2 Å². The molecule has 4 N–H and O–H groups in total. The van der Waals surface area contributed by atoms with Gasteiger partial charge in [0.2, 0.25) is 11.8 Å². The number of ether oxygens (including phenoxy) is 1. The Labute approximate surface area is 210 Å². The molecule has 1 aromatic heterocycles. The van der Waals surface area contributed by atoms with Gasteiger partial charge in [0.25, 0.3) is 5.91 Å². The lowest BCUT2D eigenvalue weighted by Crippen LogP contribution is -2.53. The van der Waals surface area contributed by atoms with Crippen molar-refractivity contribution in [3.8, 4) is 0 Å². The van der Waals surface area contributed by atoms with Crippen molar-refractivity contribution in [1.29, 1.82) is 0 Å². The average molecular weight is 551 g/mol. The summed E-state index contributed by atoms with van der Waals surface area (Å²) >= 11 is 3.33. The zero-order valence-corrected chi connectivity index (χ0v) is 20.9. The summed E-state index contributed by atoms with van der Waals surface area (Å²) in [5.41, 5.74) is 0.553. The van der Waals surface area contributed by atoms with Gasteiger partial charge in [-0.2, -0.15) is 0 Å². The SMILES string of the molecule is COC(=O)[C@H](C[C@@H]1CCCNC1=O)NC(=O)[C@H](CC1CC1)NC(=O)c1cc2c(F)ccc(Br)c2[nH]1. The van der Waals surface area contributed by atoms with Crippen LogP contribution in [0.1, 0.15) is 49.0 Å². The van der Waals surface area contributed by atoms with Crippen LogP contribution in [0.5, 0.6) is 0 Å². The van der Waals surface area contributed by atoms with Gasteiger partial charge in [-0.3, -0.25) is 14.4 Å². The molecule has 11 heteroatoms. The molecule has 1 aliphatic carbocycles. The number of methoxy groups -OCH3 is 1. The van der Waals surface area contributed by atoms with Crippen LogP contribution in [0, 0.1) is 17.7 Å². The van der Waals surface area contributed by atoms with Gasteiger partial charge < -0.3 is 25.7 Å². The molecule has 1 saturated carbocycles. The number of aromatic amines is 1. The molecule has 2 aromatic rings. The number of rotatable bonds is 9. The standard InChI is InChI=1S/C24H28BrFN4O5/c1-35-24(34)19(10-13-3-2-8-27-21(13)31)30-22(32)17(9-12-4-5-12)29-23(33)18-11-14-16(26)7-6-15(25)20(14)28-18/h6-7,11-13,17,19,28H,2-5,8-10H2,1H3,(H,27,31)(H,29,33)(H,30,32)/t13-,17-,19-/m0/s1. The molecule has 2 heterocycles. The highest BCUT2D eigenvalue weighted by atomic mass is 79.9. The highest BCUT2D eigenvalue weighted by Gasteiger charge is 2.35. The number of esters is 1. The summed E-state index contributed by atoms with van der Waals surface area (Å²) in [7, 11) is 1.22. The van der Waals surface area contributed by atoms with Crippen LogP contribution in [0.15, 0.2) is 22.7 Å². The van der Waals surface area contributed by atoms with Gasteiger partial charge in [-0.25, -0.2) is 9.18 Å². The van der Waals surface area contributed by atoms with Gasteiger partial charge in [0.15, 0.2) is 0 Å². The fourth-order valence-corrected chi connectivity index (χ4v) is 4.85. The molecule has 1 saturated heterocycles. The zero-order chi connectivity index (χ0) is 25.1. The van der Waals surface area contributed by atoms with E-state index >= 15 is 0 Å². The van der Waals surface area contributed by atoms with E-state index in [-0.39, 0.29) is 23.4 Å². The molecule has 0 unspecified atom stereocenters. The lowest BCUT2D eigenvalue weighted by Gasteiger charge is -2.27. The number of fused-ring (bicyclic) bond motifs is 1. The van der Waals surface area contributed by atoms with E-state index in [1.54, 1.807) is 6.07 Å². The van der Waals surface area contributed by atoms with E-state index in [0.29, 0.717) is 35.3 Å². The number of amides is 3. The zero-order valence-electron chi connectivity index (χ0n) is 19.3. The number of nitrogens with one attached hydrogen (secondary N) is 4. The number of H-pyrrole nitrogens is 1. The molecule has 0 radical (unpaired) electrons. The normalized spacial score (nSPS) is 19.5. The minimum absolute atomic E-state index is 0.114. The lowest BCUT2D eigenvalue weighted by atomic mass is 9.91. The van der Waals surface area contributed by atoms with Crippen molar-refractivity contribution >= 4 is 50.5 Å². The van der Waals surface area contributed by atoms with Gasteiger partial charge >= 0.3 is 5.97 Å². The number of piperidine rings is 1. The van der Waals surface area contributed by atoms with Crippen LogP contribution in [-0.4, -0.2) is 54.4 Å². The second kappa shape index (κ2) is 10.8. The molecular weight excluding hydrogens is 523 g/mol. The van der Waals surface area contributed by atoms with Crippen molar-refractivity contribution in [2.75, 3.05) is 13.7 Å². The number of carbonyl (C=O) groups is 4. The fraction of sp³-hybridized carbons (Fsp3) is 0.500. The number of hydrogen-bond donors (Lipinski definition) is 4. The fourth-order valence-electron chi connectivity index (χ4n) is 4.40. The van der Waals surface area contributed by atoms with Crippen LogP contribution in [0.25, 0.3) is 10.9 Å². The van der Waals surface area contributed by atoms with Crippen LogP contribution < -0.4 is 16.0 Å².